The number of aliphatic carboxylic acids is 2. The molecular weight excluding hydrogens is 176 g/mol. The van der Waals surface area contributed by atoms with Gasteiger partial charge in [-0.25, -0.2) is 0 Å². The zero-order valence-corrected chi connectivity index (χ0v) is 7.27. The molecule has 76 valence electrons. The maximum Gasteiger partial charge on any atom is 0.303 e. The molecule has 0 aliphatic heterocycles. The number of hydrogen-bond donors (Lipinski definition) is 3. The van der Waals surface area contributed by atoms with Gasteiger partial charge in [-0.15, -0.1) is 0 Å². The van der Waals surface area contributed by atoms with Crippen molar-refractivity contribution in [1.29, 1.82) is 0 Å². The van der Waals surface area contributed by atoms with Crippen LogP contribution in [0.15, 0.2) is 12.8 Å². The molecule has 0 heterocycles. The molecule has 0 radical (unpaired) electrons. The van der Waals surface area contributed by atoms with E-state index < -0.39 is 11.9 Å². The number of carboxylic acids is 2. The fourth-order valence-corrected chi connectivity index (χ4v) is 0.552. The van der Waals surface area contributed by atoms with Crippen LogP contribution in [0.1, 0.15) is 25.7 Å². The molecule has 13 heavy (non-hydrogen) atoms. The Labute approximate surface area is 76.3 Å². The highest BCUT2D eigenvalue weighted by Crippen LogP contribution is 1.98. The molecule has 0 aromatic heterocycles. The molecule has 0 saturated heterocycles. The highest BCUT2D eigenvalue weighted by molar-refractivity contribution is 5.67. The van der Waals surface area contributed by atoms with E-state index in [0.29, 0.717) is 12.8 Å². The molecule has 0 aliphatic carbocycles. The molecule has 0 unspecified atom stereocenters. The maximum absolute atomic E-state index is 9.90. The van der Waals surface area contributed by atoms with Crippen LogP contribution in [0.25, 0.3) is 0 Å². The first-order valence-electron chi connectivity index (χ1n) is 3.73. The summed E-state index contributed by atoms with van der Waals surface area (Å²) in [5, 5.41) is 23.6. The molecule has 0 saturated carbocycles. The van der Waals surface area contributed by atoms with Crippen molar-refractivity contribution in [2.75, 3.05) is 0 Å². The molecule has 0 aliphatic rings. The molecule has 3 N–H and O–H groups in total. The average Bonchev–Trinajstić information content (AvgIpc) is 1.99. The van der Waals surface area contributed by atoms with Gasteiger partial charge in [-0.3, -0.25) is 9.59 Å². The zero-order chi connectivity index (χ0) is 10.7. The smallest absolute Gasteiger partial charge is 0.303 e. The molecule has 0 aromatic rings. The first-order chi connectivity index (χ1) is 6.04. The summed E-state index contributed by atoms with van der Waals surface area (Å²) >= 11 is 0. The van der Waals surface area contributed by atoms with E-state index in [9.17, 15) is 9.59 Å². The van der Waals surface area contributed by atoms with E-state index in [0.717, 1.165) is 6.26 Å². The third-order valence-corrected chi connectivity index (χ3v) is 1.03. The summed E-state index contributed by atoms with van der Waals surface area (Å²) in [5.41, 5.74) is 0. The Hall–Kier alpha value is -1.52. The number of hydrogen-bond acceptors (Lipinski definition) is 3. The van der Waals surface area contributed by atoms with Crippen molar-refractivity contribution in [1.82, 2.24) is 0 Å². The highest BCUT2D eigenvalue weighted by atomic mass is 16.4. The van der Waals surface area contributed by atoms with Crippen LogP contribution in [0.5, 0.6) is 0 Å². The summed E-state index contributed by atoms with van der Waals surface area (Å²) in [6.45, 7) is 2.92. The quantitative estimate of drug-likeness (QED) is 0.450. The lowest BCUT2D eigenvalue weighted by Crippen LogP contribution is -1.97. The molecule has 0 bridgehead atoms. The molecule has 5 nitrogen and oxygen atoms in total. The minimum absolute atomic E-state index is 0.0628. The van der Waals surface area contributed by atoms with Crippen LogP contribution in [-0.4, -0.2) is 27.3 Å². The Balaban J connectivity index is 0. The second kappa shape index (κ2) is 10.5. The molecule has 5 heteroatoms. The maximum atomic E-state index is 9.90. The number of carbonyl (C=O) groups is 2. The van der Waals surface area contributed by atoms with Gasteiger partial charge in [0.25, 0.3) is 0 Å². The van der Waals surface area contributed by atoms with Gasteiger partial charge in [0.1, 0.15) is 0 Å². The Kier molecular flexibility index (Phi) is 11.3. The summed E-state index contributed by atoms with van der Waals surface area (Å²) in [5.74, 6) is -1.74. The van der Waals surface area contributed by atoms with Gasteiger partial charge in [0, 0.05) is 12.8 Å². The Morgan fingerprint density at radius 3 is 1.46 bits per heavy atom. The normalized spacial score (nSPS) is 8.00. The van der Waals surface area contributed by atoms with Crippen LogP contribution >= 0.6 is 0 Å². The van der Waals surface area contributed by atoms with Crippen molar-refractivity contribution in [2.24, 2.45) is 0 Å². The number of aliphatic hydroxyl groups is 1. The highest BCUT2D eigenvalue weighted by Gasteiger charge is 1.99. The van der Waals surface area contributed by atoms with E-state index in [-0.39, 0.29) is 12.8 Å². The van der Waals surface area contributed by atoms with Gasteiger partial charge in [0.15, 0.2) is 0 Å². The SMILES string of the molecule is C=CO.O=C(O)CCCCC(=O)O. The lowest BCUT2D eigenvalue weighted by atomic mass is 10.2. The third kappa shape index (κ3) is 25.1. The molecule has 0 spiro atoms. The van der Waals surface area contributed by atoms with E-state index in [4.69, 9.17) is 15.3 Å². The Morgan fingerprint density at radius 1 is 1.08 bits per heavy atom. The summed E-state index contributed by atoms with van der Waals surface area (Å²) in [6.07, 6.45) is 1.77. The number of aliphatic hydroxyl groups excluding tert-OH is 1. The summed E-state index contributed by atoms with van der Waals surface area (Å²) in [4.78, 5) is 19.8. The van der Waals surface area contributed by atoms with E-state index in [1.165, 1.54) is 0 Å². The number of rotatable bonds is 5. The van der Waals surface area contributed by atoms with E-state index in [1.807, 2.05) is 0 Å². The minimum Gasteiger partial charge on any atom is -0.516 e. The standard InChI is InChI=1S/C6H10O4.C2H4O/c7-5(8)3-1-2-4-6(9)10;1-2-3/h1-4H2,(H,7,8)(H,9,10);2-3H,1H2. The molecule has 0 rings (SSSR count). The first kappa shape index (κ1) is 14.0. The van der Waals surface area contributed by atoms with Crippen molar-refractivity contribution < 1.29 is 24.9 Å². The van der Waals surface area contributed by atoms with Crippen LogP contribution in [0.3, 0.4) is 0 Å². The third-order valence-electron chi connectivity index (χ3n) is 1.03. The van der Waals surface area contributed by atoms with Crippen LogP contribution in [0.4, 0.5) is 0 Å². The second-order valence-electron chi connectivity index (χ2n) is 2.18. The van der Waals surface area contributed by atoms with E-state index in [1.54, 1.807) is 0 Å². The molecule has 0 amide bonds. The second-order valence-corrected chi connectivity index (χ2v) is 2.18. The van der Waals surface area contributed by atoms with Crippen LogP contribution in [0.2, 0.25) is 0 Å². The molecular formula is C8H14O5. The fraction of sp³-hybridized carbons (Fsp3) is 0.500. The van der Waals surface area contributed by atoms with Gasteiger partial charge >= 0.3 is 11.9 Å². The Bertz CT molecular complexity index is 148. The predicted octanol–water partition coefficient (Wildman–Crippen LogP) is 1.40. The van der Waals surface area contributed by atoms with Crippen LogP contribution in [-0.2, 0) is 9.59 Å². The van der Waals surface area contributed by atoms with Crippen molar-refractivity contribution in [3.8, 4) is 0 Å². The predicted molar refractivity (Wildman–Crippen MR) is 46.6 cm³/mol. The molecule has 0 atom stereocenters. The van der Waals surface area contributed by atoms with Crippen LogP contribution in [0, 0.1) is 0 Å². The van der Waals surface area contributed by atoms with Gasteiger partial charge in [0.2, 0.25) is 0 Å². The average molecular weight is 190 g/mol. The van der Waals surface area contributed by atoms with Gasteiger partial charge in [-0.05, 0) is 12.8 Å². The van der Waals surface area contributed by atoms with Gasteiger partial charge in [0.05, 0.1) is 6.26 Å². The van der Waals surface area contributed by atoms with E-state index in [2.05, 4.69) is 6.58 Å². The van der Waals surface area contributed by atoms with Gasteiger partial charge < -0.3 is 15.3 Å². The summed E-state index contributed by atoms with van der Waals surface area (Å²) in [6, 6.07) is 0. The molecule has 0 fully saturated rings. The zero-order valence-electron chi connectivity index (χ0n) is 7.27. The van der Waals surface area contributed by atoms with Crippen molar-refractivity contribution >= 4 is 11.9 Å². The first-order valence-corrected chi connectivity index (χ1v) is 3.73. The van der Waals surface area contributed by atoms with Crippen molar-refractivity contribution in [3.05, 3.63) is 12.8 Å². The summed E-state index contributed by atoms with van der Waals surface area (Å²) < 4.78 is 0. The topological polar surface area (TPSA) is 94.8 Å². The van der Waals surface area contributed by atoms with Crippen LogP contribution < -0.4 is 0 Å². The van der Waals surface area contributed by atoms with Crippen molar-refractivity contribution in [3.63, 3.8) is 0 Å². The largest absolute Gasteiger partial charge is 0.516 e. The van der Waals surface area contributed by atoms with Gasteiger partial charge in [-0.2, -0.15) is 0 Å². The lowest BCUT2D eigenvalue weighted by molar-refractivity contribution is -0.139. The monoisotopic (exact) mass is 190 g/mol. The number of unbranched alkanes of at least 4 members (excludes halogenated alkanes) is 1. The van der Waals surface area contributed by atoms with E-state index >= 15 is 0 Å². The van der Waals surface area contributed by atoms with Gasteiger partial charge in [-0.1, -0.05) is 6.58 Å². The number of carboxylic acid groups (broad SMARTS) is 2. The minimum atomic E-state index is -0.870. The van der Waals surface area contributed by atoms with Crippen molar-refractivity contribution in [2.45, 2.75) is 25.7 Å². The molecule has 0 aromatic carbocycles. The lowest BCUT2D eigenvalue weighted by Gasteiger charge is -1.92. The summed E-state index contributed by atoms with van der Waals surface area (Å²) in [7, 11) is 0. The fourth-order valence-electron chi connectivity index (χ4n) is 0.552. The Morgan fingerprint density at radius 2 is 1.31 bits per heavy atom.